The van der Waals surface area contributed by atoms with Crippen molar-refractivity contribution in [2.45, 2.75) is 44.0 Å². The molecule has 0 spiro atoms. The fourth-order valence-electron chi connectivity index (χ4n) is 2.94. The fourth-order valence-corrected chi connectivity index (χ4v) is 2.94. The molecule has 5 heteroatoms. The molecule has 106 valence electrons. The summed E-state index contributed by atoms with van der Waals surface area (Å²) in [6.07, 6.45) is 3.62. The van der Waals surface area contributed by atoms with Gasteiger partial charge in [-0.1, -0.05) is 12.1 Å². The van der Waals surface area contributed by atoms with Crippen molar-refractivity contribution in [3.8, 4) is 0 Å². The molecule has 2 bridgehead atoms. The summed E-state index contributed by atoms with van der Waals surface area (Å²) in [4.78, 5) is 23.3. The van der Waals surface area contributed by atoms with Gasteiger partial charge in [0.15, 0.2) is 0 Å². The Labute approximate surface area is 116 Å². The number of carboxylic acids is 1. The van der Waals surface area contributed by atoms with E-state index >= 15 is 0 Å². The molecule has 2 aliphatic rings. The van der Waals surface area contributed by atoms with Crippen LogP contribution >= 0.6 is 0 Å². The minimum Gasteiger partial charge on any atom is -0.478 e. The van der Waals surface area contributed by atoms with Crippen molar-refractivity contribution in [3.63, 3.8) is 0 Å². The summed E-state index contributed by atoms with van der Waals surface area (Å²) in [5.74, 6) is -1.71. The third-order valence-electron chi connectivity index (χ3n) is 3.96. The second-order valence-corrected chi connectivity index (χ2v) is 5.25. The van der Waals surface area contributed by atoms with E-state index in [1.54, 1.807) is 12.1 Å². The van der Waals surface area contributed by atoms with Crippen LogP contribution in [0.4, 0.5) is 0 Å². The first kappa shape index (κ1) is 13.1. The first-order valence-electron chi connectivity index (χ1n) is 6.84. The number of hydrogen-bond acceptors (Lipinski definition) is 4. The van der Waals surface area contributed by atoms with Crippen molar-refractivity contribution in [1.29, 1.82) is 0 Å². The van der Waals surface area contributed by atoms with Gasteiger partial charge in [-0.05, 0) is 37.8 Å². The van der Waals surface area contributed by atoms with Crippen molar-refractivity contribution in [3.05, 3.63) is 35.4 Å². The minimum absolute atomic E-state index is 0.0291. The molecule has 1 aromatic carbocycles. The Morgan fingerprint density at radius 2 is 1.80 bits per heavy atom. The number of esters is 1. The molecule has 20 heavy (non-hydrogen) atoms. The van der Waals surface area contributed by atoms with Gasteiger partial charge in [-0.3, -0.25) is 0 Å². The molecule has 0 saturated carbocycles. The molecule has 0 aliphatic carbocycles. The average Bonchev–Trinajstić information content (AvgIpc) is 2.84. The highest BCUT2D eigenvalue weighted by Crippen LogP contribution is 2.34. The average molecular weight is 276 g/mol. The highest BCUT2D eigenvalue weighted by molar-refractivity contribution is 6.02. The van der Waals surface area contributed by atoms with E-state index in [1.165, 1.54) is 12.1 Å². The first-order valence-corrected chi connectivity index (χ1v) is 6.84. The van der Waals surface area contributed by atoms with Crippen LogP contribution in [0.15, 0.2) is 24.3 Å². The summed E-state index contributed by atoms with van der Waals surface area (Å²) in [6.45, 7) is 0. The van der Waals surface area contributed by atoms with E-state index in [0.717, 1.165) is 25.7 Å². The van der Waals surface area contributed by atoms with E-state index in [4.69, 9.17) is 14.6 Å². The van der Waals surface area contributed by atoms with Crippen LogP contribution in [0.2, 0.25) is 0 Å². The topological polar surface area (TPSA) is 72.8 Å². The largest absolute Gasteiger partial charge is 0.478 e. The van der Waals surface area contributed by atoms with Crippen LogP contribution in [0.3, 0.4) is 0 Å². The SMILES string of the molecule is O=C(O)c1ccccc1C(=O)OC1CCC2CCC1O2. The lowest BCUT2D eigenvalue weighted by molar-refractivity contribution is -0.0842. The number of hydrogen-bond donors (Lipinski definition) is 1. The Morgan fingerprint density at radius 1 is 1.10 bits per heavy atom. The Morgan fingerprint density at radius 3 is 2.55 bits per heavy atom. The maximum Gasteiger partial charge on any atom is 0.339 e. The smallest absolute Gasteiger partial charge is 0.339 e. The normalized spacial score (nSPS) is 28.1. The summed E-state index contributed by atoms with van der Waals surface area (Å²) in [6, 6.07) is 6.10. The first-order chi connectivity index (χ1) is 9.65. The monoisotopic (exact) mass is 276 g/mol. The number of aromatic carboxylic acids is 1. The number of ether oxygens (including phenoxy) is 2. The van der Waals surface area contributed by atoms with E-state index in [9.17, 15) is 9.59 Å². The predicted molar refractivity (Wildman–Crippen MR) is 69.7 cm³/mol. The van der Waals surface area contributed by atoms with Gasteiger partial charge in [0.2, 0.25) is 0 Å². The van der Waals surface area contributed by atoms with E-state index in [-0.39, 0.29) is 23.3 Å². The molecule has 2 heterocycles. The van der Waals surface area contributed by atoms with Gasteiger partial charge in [0, 0.05) is 0 Å². The second kappa shape index (κ2) is 5.25. The van der Waals surface area contributed by atoms with Gasteiger partial charge in [-0.2, -0.15) is 0 Å². The zero-order valence-electron chi connectivity index (χ0n) is 11.0. The molecule has 1 aromatic rings. The van der Waals surface area contributed by atoms with Gasteiger partial charge >= 0.3 is 11.9 Å². The summed E-state index contributed by atoms with van der Waals surface area (Å²) >= 11 is 0. The van der Waals surface area contributed by atoms with Crippen LogP contribution in [-0.4, -0.2) is 35.4 Å². The van der Waals surface area contributed by atoms with Crippen molar-refractivity contribution in [2.75, 3.05) is 0 Å². The molecule has 2 fully saturated rings. The summed E-state index contributed by atoms with van der Waals surface area (Å²) in [5.41, 5.74) is 0.0682. The zero-order chi connectivity index (χ0) is 14.1. The molecular formula is C15H16O5. The second-order valence-electron chi connectivity index (χ2n) is 5.25. The van der Waals surface area contributed by atoms with Crippen LogP contribution in [0, 0.1) is 0 Å². The number of rotatable bonds is 3. The molecule has 3 rings (SSSR count). The number of fused-ring (bicyclic) bond motifs is 2. The standard InChI is InChI=1S/C15H16O5/c16-14(17)10-3-1-2-4-11(10)15(18)20-13-8-6-9-5-7-12(13)19-9/h1-4,9,12-13H,5-8H2,(H,16,17). The van der Waals surface area contributed by atoms with E-state index in [0.29, 0.717) is 6.10 Å². The van der Waals surface area contributed by atoms with Crippen LogP contribution in [0.5, 0.6) is 0 Å². The lowest BCUT2D eigenvalue weighted by Gasteiger charge is -2.29. The Kier molecular flexibility index (Phi) is 3.44. The zero-order valence-corrected chi connectivity index (χ0v) is 11.0. The number of carbonyl (C=O) groups excluding carboxylic acids is 1. The van der Waals surface area contributed by atoms with Gasteiger partial charge < -0.3 is 14.6 Å². The molecule has 0 radical (unpaired) electrons. The summed E-state index contributed by atoms with van der Waals surface area (Å²) in [5, 5.41) is 9.09. The molecule has 3 unspecified atom stereocenters. The highest BCUT2D eigenvalue weighted by Gasteiger charge is 2.39. The van der Waals surface area contributed by atoms with Gasteiger partial charge in [0.1, 0.15) is 6.10 Å². The molecule has 3 atom stereocenters. The summed E-state index contributed by atoms with van der Waals surface area (Å²) in [7, 11) is 0. The molecule has 5 nitrogen and oxygen atoms in total. The van der Waals surface area contributed by atoms with Crippen molar-refractivity contribution >= 4 is 11.9 Å². The molecular weight excluding hydrogens is 260 g/mol. The van der Waals surface area contributed by atoms with Crippen molar-refractivity contribution in [2.24, 2.45) is 0 Å². The summed E-state index contributed by atoms with van der Waals surface area (Å²) < 4.78 is 11.2. The third-order valence-corrected chi connectivity index (χ3v) is 3.96. The molecule has 2 saturated heterocycles. The van der Waals surface area contributed by atoms with Crippen LogP contribution in [-0.2, 0) is 9.47 Å². The van der Waals surface area contributed by atoms with Gasteiger partial charge in [0.05, 0.1) is 23.3 Å². The van der Waals surface area contributed by atoms with Gasteiger partial charge in [0.25, 0.3) is 0 Å². The van der Waals surface area contributed by atoms with Gasteiger partial charge in [-0.25, -0.2) is 9.59 Å². The Bertz CT molecular complexity index is 539. The number of carbonyl (C=O) groups is 2. The molecule has 0 amide bonds. The Hall–Kier alpha value is -1.88. The molecule has 2 aliphatic heterocycles. The third kappa shape index (κ3) is 2.41. The highest BCUT2D eigenvalue weighted by atomic mass is 16.6. The Balaban J connectivity index is 1.75. The van der Waals surface area contributed by atoms with Crippen molar-refractivity contribution < 1.29 is 24.2 Å². The predicted octanol–water partition coefficient (Wildman–Crippen LogP) is 2.25. The van der Waals surface area contributed by atoms with Crippen LogP contribution < -0.4 is 0 Å². The number of benzene rings is 1. The lowest BCUT2D eigenvalue weighted by atomic mass is 10.1. The quantitative estimate of drug-likeness (QED) is 0.857. The van der Waals surface area contributed by atoms with E-state index < -0.39 is 11.9 Å². The maximum absolute atomic E-state index is 12.2. The maximum atomic E-state index is 12.2. The number of carboxylic acid groups (broad SMARTS) is 1. The fraction of sp³-hybridized carbons (Fsp3) is 0.467. The molecule has 1 N–H and O–H groups in total. The van der Waals surface area contributed by atoms with Crippen LogP contribution in [0.1, 0.15) is 46.4 Å². The minimum atomic E-state index is -1.13. The van der Waals surface area contributed by atoms with E-state index in [2.05, 4.69) is 0 Å². The molecule has 0 aromatic heterocycles. The lowest BCUT2D eigenvalue weighted by Crippen LogP contribution is -2.36. The van der Waals surface area contributed by atoms with Crippen molar-refractivity contribution in [1.82, 2.24) is 0 Å². The van der Waals surface area contributed by atoms with Gasteiger partial charge in [-0.15, -0.1) is 0 Å². The van der Waals surface area contributed by atoms with E-state index in [1.807, 2.05) is 0 Å². The van der Waals surface area contributed by atoms with Crippen LogP contribution in [0.25, 0.3) is 0 Å².